The van der Waals surface area contributed by atoms with Crippen molar-refractivity contribution in [1.82, 2.24) is 14.2 Å². The van der Waals surface area contributed by atoms with Crippen molar-refractivity contribution in [3.05, 3.63) is 53.1 Å². The van der Waals surface area contributed by atoms with Gasteiger partial charge in [0.15, 0.2) is 5.13 Å². The highest BCUT2D eigenvalue weighted by molar-refractivity contribution is 7.89. The monoisotopic (exact) mass is 508 g/mol. The fourth-order valence-electron chi connectivity index (χ4n) is 3.37. The molecule has 1 N–H and O–H groups in total. The molecule has 0 aliphatic carbocycles. The lowest BCUT2D eigenvalue weighted by atomic mass is 10.2. The number of aromatic nitrogens is 1. The first-order valence-electron chi connectivity index (χ1n) is 10.2. The van der Waals surface area contributed by atoms with Crippen molar-refractivity contribution in [3.8, 4) is 0 Å². The molecular formula is C21H21ClN4O5S2. The predicted molar refractivity (Wildman–Crippen MR) is 126 cm³/mol. The minimum Gasteiger partial charge on any atom is -0.450 e. The Morgan fingerprint density at radius 3 is 2.48 bits per heavy atom. The summed E-state index contributed by atoms with van der Waals surface area (Å²) >= 11 is 7.29. The molecule has 3 aromatic rings. The number of piperazine rings is 1. The molecule has 1 aliphatic heterocycles. The number of sulfonamides is 1. The summed E-state index contributed by atoms with van der Waals surface area (Å²) in [6, 6.07) is 11.0. The lowest BCUT2D eigenvalue weighted by molar-refractivity contribution is 0.0933. The summed E-state index contributed by atoms with van der Waals surface area (Å²) < 4.78 is 33.1. The predicted octanol–water partition coefficient (Wildman–Crippen LogP) is 3.66. The molecule has 1 aromatic heterocycles. The highest BCUT2D eigenvalue weighted by Gasteiger charge is 2.30. The summed E-state index contributed by atoms with van der Waals surface area (Å²) in [5, 5.41) is 3.74. The van der Waals surface area contributed by atoms with Crippen LogP contribution in [0.25, 0.3) is 10.2 Å². The van der Waals surface area contributed by atoms with E-state index in [2.05, 4.69) is 10.3 Å². The average molecular weight is 509 g/mol. The number of ether oxygens (including phenoxy) is 1. The molecule has 0 spiro atoms. The number of carbonyl (C=O) groups excluding carboxylic acids is 2. The minimum absolute atomic E-state index is 0.0817. The maximum Gasteiger partial charge on any atom is 0.409 e. The van der Waals surface area contributed by atoms with Crippen LogP contribution in [-0.2, 0) is 14.8 Å². The number of amides is 2. The van der Waals surface area contributed by atoms with Gasteiger partial charge in [0.05, 0.1) is 21.7 Å². The van der Waals surface area contributed by atoms with Gasteiger partial charge in [-0.25, -0.2) is 18.2 Å². The molecule has 1 aliphatic rings. The molecule has 9 nitrogen and oxygen atoms in total. The zero-order chi connectivity index (χ0) is 23.6. The third-order valence-corrected chi connectivity index (χ3v) is 8.17. The third kappa shape index (κ3) is 5.11. The van der Waals surface area contributed by atoms with E-state index < -0.39 is 22.0 Å². The van der Waals surface area contributed by atoms with Crippen LogP contribution in [0, 0.1) is 0 Å². The zero-order valence-electron chi connectivity index (χ0n) is 17.7. The number of anilines is 1. The van der Waals surface area contributed by atoms with Crippen LogP contribution >= 0.6 is 22.9 Å². The first kappa shape index (κ1) is 23.4. The fraction of sp³-hybridized carbons (Fsp3) is 0.286. The van der Waals surface area contributed by atoms with E-state index in [0.717, 1.165) is 10.2 Å². The normalized spacial score (nSPS) is 14.9. The van der Waals surface area contributed by atoms with Gasteiger partial charge in [-0.1, -0.05) is 22.9 Å². The van der Waals surface area contributed by atoms with E-state index in [4.69, 9.17) is 16.3 Å². The molecule has 1 saturated heterocycles. The highest BCUT2D eigenvalue weighted by atomic mass is 35.5. The molecule has 2 aromatic carbocycles. The van der Waals surface area contributed by atoms with Crippen molar-refractivity contribution in [2.24, 2.45) is 0 Å². The molecule has 4 rings (SSSR count). The number of hydrogen-bond acceptors (Lipinski definition) is 7. The number of carbonyl (C=O) groups is 2. The maximum atomic E-state index is 13.0. The van der Waals surface area contributed by atoms with Gasteiger partial charge in [-0.3, -0.25) is 10.1 Å². The molecule has 1 fully saturated rings. The average Bonchev–Trinajstić information content (AvgIpc) is 3.20. The molecular weight excluding hydrogens is 488 g/mol. The third-order valence-electron chi connectivity index (χ3n) is 5.09. The fourth-order valence-corrected chi connectivity index (χ4v) is 5.93. The molecule has 2 amide bonds. The van der Waals surface area contributed by atoms with Gasteiger partial charge in [0, 0.05) is 36.8 Å². The summed E-state index contributed by atoms with van der Waals surface area (Å²) in [4.78, 5) is 30.3. The number of rotatable bonds is 5. The van der Waals surface area contributed by atoms with Crippen LogP contribution < -0.4 is 5.32 Å². The van der Waals surface area contributed by atoms with Crippen molar-refractivity contribution >= 4 is 60.3 Å². The quantitative estimate of drug-likeness (QED) is 0.563. The van der Waals surface area contributed by atoms with Crippen LogP contribution in [0.3, 0.4) is 0 Å². The van der Waals surface area contributed by atoms with Gasteiger partial charge < -0.3 is 9.64 Å². The van der Waals surface area contributed by atoms with E-state index >= 15 is 0 Å². The number of hydrogen-bond donors (Lipinski definition) is 1. The first-order valence-corrected chi connectivity index (χ1v) is 12.8. The lowest BCUT2D eigenvalue weighted by Gasteiger charge is -2.33. The number of nitrogens with one attached hydrogen (secondary N) is 1. The molecule has 0 saturated carbocycles. The van der Waals surface area contributed by atoms with Gasteiger partial charge in [0.1, 0.15) is 0 Å². The van der Waals surface area contributed by atoms with Crippen LogP contribution in [0.1, 0.15) is 17.3 Å². The first-order chi connectivity index (χ1) is 15.8. The number of nitrogens with zero attached hydrogens (tertiary/aromatic N) is 3. The van der Waals surface area contributed by atoms with Crippen LogP contribution in [0.5, 0.6) is 0 Å². The zero-order valence-corrected chi connectivity index (χ0v) is 20.0. The molecule has 0 radical (unpaired) electrons. The summed E-state index contributed by atoms with van der Waals surface area (Å²) in [5.74, 6) is -0.396. The largest absolute Gasteiger partial charge is 0.450 e. The minimum atomic E-state index is -3.75. The molecule has 0 unspecified atom stereocenters. The Kier molecular flexibility index (Phi) is 6.84. The highest BCUT2D eigenvalue weighted by Crippen LogP contribution is 2.28. The van der Waals surface area contributed by atoms with Crippen molar-refractivity contribution in [2.75, 3.05) is 38.1 Å². The summed E-state index contributed by atoms with van der Waals surface area (Å²) in [6.07, 6.45) is -0.443. The Morgan fingerprint density at radius 1 is 1.12 bits per heavy atom. The van der Waals surface area contributed by atoms with Crippen molar-refractivity contribution in [1.29, 1.82) is 0 Å². The summed E-state index contributed by atoms with van der Waals surface area (Å²) in [5.41, 5.74) is 1.03. The summed E-state index contributed by atoms with van der Waals surface area (Å²) in [7, 11) is -3.75. The number of halogens is 1. The Morgan fingerprint density at radius 2 is 1.82 bits per heavy atom. The van der Waals surface area contributed by atoms with Gasteiger partial charge in [-0.05, 0) is 49.4 Å². The van der Waals surface area contributed by atoms with Crippen LogP contribution in [0.15, 0.2) is 47.4 Å². The molecule has 174 valence electrons. The van der Waals surface area contributed by atoms with Crippen LogP contribution in [0.2, 0.25) is 5.02 Å². The Hall–Kier alpha value is -2.73. The van der Waals surface area contributed by atoms with Crippen LogP contribution in [0.4, 0.5) is 9.93 Å². The van der Waals surface area contributed by atoms with Crippen molar-refractivity contribution < 1.29 is 22.7 Å². The Bertz CT molecular complexity index is 1290. The lowest BCUT2D eigenvalue weighted by Crippen LogP contribution is -2.50. The van der Waals surface area contributed by atoms with Gasteiger partial charge in [0.25, 0.3) is 5.91 Å². The topological polar surface area (TPSA) is 109 Å². The Balaban J connectivity index is 1.41. The second-order valence-electron chi connectivity index (χ2n) is 7.20. The van der Waals surface area contributed by atoms with E-state index in [0.29, 0.717) is 15.7 Å². The van der Waals surface area contributed by atoms with Crippen LogP contribution in [-0.4, -0.2) is 67.4 Å². The maximum absolute atomic E-state index is 13.0. The van der Waals surface area contributed by atoms with Gasteiger partial charge in [-0.15, -0.1) is 0 Å². The van der Waals surface area contributed by atoms with Crippen molar-refractivity contribution in [3.63, 3.8) is 0 Å². The van der Waals surface area contributed by atoms with Gasteiger partial charge >= 0.3 is 6.09 Å². The van der Waals surface area contributed by atoms with Crippen molar-refractivity contribution in [2.45, 2.75) is 11.8 Å². The number of benzene rings is 2. The molecule has 0 atom stereocenters. The number of thiazole rings is 1. The standard InChI is InChI=1S/C21H21ClN4O5S2/c1-2-31-21(28)25-9-11-26(12-10-25)33(29,30)16-6-3-14(4-7-16)19(27)24-20-23-17-8-5-15(22)13-18(17)32-20/h3-8,13H,2,9-12H2,1H3,(H,23,24,27). The molecule has 33 heavy (non-hydrogen) atoms. The van der Waals surface area contributed by atoms with Gasteiger partial charge in [0.2, 0.25) is 10.0 Å². The van der Waals surface area contributed by atoms with E-state index in [-0.39, 0.29) is 37.7 Å². The van der Waals surface area contributed by atoms with E-state index in [1.807, 2.05) is 0 Å². The molecule has 0 bridgehead atoms. The SMILES string of the molecule is CCOC(=O)N1CCN(S(=O)(=O)c2ccc(C(=O)Nc3nc4ccc(Cl)cc4s3)cc2)CC1. The second-order valence-corrected chi connectivity index (χ2v) is 10.6. The smallest absolute Gasteiger partial charge is 0.409 e. The Labute approximate surface area is 200 Å². The molecule has 12 heteroatoms. The van der Waals surface area contributed by atoms with E-state index in [1.54, 1.807) is 25.1 Å². The van der Waals surface area contributed by atoms with E-state index in [9.17, 15) is 18.0 Å². The van der Waals surface area contributed by atoms with Gasteiger partial charge in [-0.2, -0.15) is 4.31 Å². The summed E-state index contributed by atoms with van der Waals surface area (Å²) in [6.45, 7) is 2.84. The molecule has 2 heterocycles. The second kappa shape index (κ2) is 9.64. The van der Waals surface area contributed by atoms with E-state index in [1.165, 1.54) is 44.8 Å². The number of fused-ring (bicyclic) bond motifs is 1.